The van der Waals surface area contributed by atoms with Gasteiger partial charge < -0.3 is 56.3 Å². The molecule has 6 rings (SSSR count). The van der Waals surface area contributed by atoms with E-state index in [4.69, 9.17) is 56.8 Å². The number of benzene rings is 6. The molecule has 0 amide bonds. The van der Waals surface area contributed by atoms with Crippen molar-refractivity contribution in [3.63, 3.8) is 0 Å². The van der Waals surface area contributed by atoms with E-state index in [0.717, 1.165) is 39.3 Å². The van der Waals surface area contributed by atoms with Crippen LogP contribution in [0.4, 0.5) is 25.2 Å². The summed E-state index contributed by atoms with van der Waals surface area (Å²) in [7, 11) is -21.7. The van der Waals surface area contributed by atoms with E-state index in [9.17, 15) is 25.2 Å². The predicted octanol–water partition coefficient (Wildman–Crippen LogP) is 22.1. The van der Waals surface area contributed by atoms with Gasteiger partial charge in [-0.25, -0.2) is 0 Å². The first kappa shape index (κ1) is 124. The van der Waals surface area contributed by atoms with E-state index in [2.05, 4.69) is 310 Å². The summed E-state index contributed by atoms with van der Waals surface area (Å²) in [5, 5.41) is 0. The molecule has 0 fully saturated rings. The predicted molar refractivity (Wildman–Crippen MR) is 485 cm³/mol. The topological polar surface area (TPSA) is 241 Å². The first-order valence-electron chi connectivity index (χ1n) is 40.8. The van der Waals surface area contributed by atoms with Gasteiger partial charge in [-0.3, -0.25) is 0 Å². The summed E-state index contributed by atoms with van der Waals surface area (Å²) in [5.41, 5.74) is 15.8. The van der Waals surface area contributed by atoms with Crippen LogP contribution in [0, 0.1) is 0 Å². The molecule has 0 bridgehead atoms. The fraction of sp³-hybridized carbons (Fsp3) is 0.467. The molecule has 672 valence electrons. The lowest BCUT2D eigenvalue weighted by molar-refractivity contribution is -0.936. The molecule has 18 nitrogen and oxygen atoms in total. The van der Waals surface area contributed by atoms with Crippen molar-refractivity contribution in [1.82, 2.24) is 0 Å². The average Bonchev–Trinajstić information content (AvgIpc) is 0.887. The van der Waals surface area contributed by atoms with Crippen molar-refractivity contribution < 1.29 is 109 Å². The van der Waals surface area contributed by atoms with Crippen molar-refractivity contribution in [1.29, 1.82) is 0 Å². The molecule has 0 saturated heterocycles. The third kappa shape index (κ3) is 60.9. The average molecular weight is 1800 g/mol. The molecular formula is C90H144F6N6O12P6+6. The molecule has 6 aromatic rings. The first-order chi connectivity index (χ1) is 56.5. The highest BCUT2D eigenvalue weighted by Gasteiger charge is 2.26. The Balaban J connectivity index is -0.000000307. The van der Waals surface area contributed by atoms with E-state index >= 15 is 0 Å². The largest absolute Gasteiger partial charge is 0.562 e. The van der Waals surface area contributed by atoms with Gasteiger partial charge >= 0.3 is 50.0 Å². The van der Waals surface area contributed by atoms with Gasteiger partial charge in [0.2, 0.25) is 0 Å². The van der Waals surface area contributed by atoms with Crippen molar-refractivity contribution in [2.24, 2.45) is 0 Å². The van der Waals surface area contributed by atoms with E-state index in [1.54, 1.807) is 0 Å². The molecule has 0 radical (unpaired) electrons. The number of rotatable bonds is 36. The highest BCUT2D eigenvalue weighted by atomic mass is 31.2. The van der Waals surface area contributed by atoms with Gasteiger partial charge in [0.05, 0.1) is 143 Å². The molecule has 0 spiro atoms. The summed E-state index contributed by atoms with van der Waals surface area (Å²) < 4.78 is 117. The molecule has 6 aromatic carbocycles. The van der Waals surface area contributed by atoms with Crippen LogP contribution in [-0.2, 0) is 66.7 Å². The fourth-order valence-electron chi connectivity index (χ4n) is 12.9. The summed E-state index contributed by atoms with van der Waals surface area (Å²) in [5.74, 6) is 0. The molecule has 120 heavy (non-hydrogen) atoms. The zero-order valence-corrected chi connectivity index (χ0v) is 80.4. The van der Waals surface area contributed by atoms with E-state index in [1.807, 2.05) is 36.5 Å². The SMILES string of the molecule is C=Cc1ccc(C[N+](CC)(CC)CC)cc1.C=Cc1ccc(C[N+](CC)(CC)CC)cc1.C=Cc1ccc(C[N+](CC)(CC)CC)cc1.C=Cc1ccc(C[N+](CC)(CC)CC)cc1.C=Cc1ccc(C[N+](CC)(CC)CC)cc1.C=Cc1ccc(C[N+](CC)(CC)CC)cc1.O=[P+]([O-])F.O=[P+]([O-])F.O=[P+]([O-])F.O=[P+]([O-])F.O=[P+]([O-])F.O=[P+]([O-])F. The minimum absolute atomic E-state index is 1.14. The van der Waals surface area contributed by atoms with Gasteiger partial charge in [0.25, 0.3) is 0 Å². The zero-order valence-electron chi connectivity index (χ0n) is 75.1. The molecule has 0 aliphatic carbocycles. The van der Waals surface area contributed by atoms with E-state index in [0.29, 0.717) is 0 Å². The van der Waals surface area contributed by atoms with Crippen LogP contribution in [0.5, 0.6) is 0 Å². The second kappa shape index (κ2) is 73.9. The highest BCUT2D eigenvalue weighted by Crippen LogP contribution is 2.22. The first-order valence-corrected chi connectivity index (χ1v) is 47.2. The lowest BCUT2D eigenvalue weighted by Crippen LogP contribution is -2.46. The molecule has 0 heterocycles. The monoisotopic (exact) mass is 1800 g/mol. The standard InChI is InChI=1S/6C15H24N.6FO2P/c6*1-5-14-9-11-15(12-10-14)13-16(6-2,7-3)8-4;6*1-4(2)3/h6*5,9-12H,1,6-8,13H2,2-4H3;;;;;;/q6*+1;;;;;;. The fourth-order valence-corrected chi connectivity index (χ4v) is 12.9. The number of hydrogen-bond acceptors (Lipinski definition) is 12. The Morgan fingerprint density at radius 2 is 0.267 bits per heavy atom. The molecule has 0 N–H and O–H groups in total. The van der Waals surface area contributed by atoms with Crippen LogP contribution >= 0.6 is 50.0 Å². The Bertz CT molecular complexity index is 3060. The van der Waals surface area contributed by atoms with Gasteiger partial charge in [-0.2, -0.15) is 0 Å². The van der Waals surface area contributed by atoms with Gasteiger partial charge in [0.1, 0.15) is 39.3 Å². The molecule has 0 saturated carbocycles. The van der Waals surface area contributed by atoms with Crippen LogP contribution in [0.15, 0.2) is 185 Å². The number of nitrogens with zero attached hydrogens (tertiary/aromatic N) is 6. The van der Waals surface area contributed by atoms with Gasteiger partial charge in [-0.15, -0.1) is 0 Å². The van der Waals surface area contributed by atoms with Crippen LogP contribution in [0.2, 0.25) is 0 Å². The Morgan fingerprint density at radius 3 is 0.317 bits per heavy atom. The lowest BCUT2D eigenvalue weighted by Gasteiger charge is -2.35. The van der Waals surface area contributed by atoms with Crippen molar-refractivity contribution in [3.8, 4) is 0 Å². The third-order valence-corrected chi connectivity index (χ3v) is 22.5. The summed E-state index contributed by atoms with van der Waals surface area (Å²) in [4.78, 5) is 50.2. The summed E-state index contributed by atoms with van der Waals surface area (Å²) >= 11 is 0. The Morgan fingerprint density at radius 1 is 0.200 bits per heavy atom. The van der Waals surface area contributed by atoms with E-state index in [-0.39, 0.29) is 0 Å². The minimum atomic E-state index is -3.62. The Kier molecular flexibility index (Phi) is 76.6. The van der Waals surface area contributed by atoms with Crippen molar-refractivity contribution in [2.75, 3.05) is 118 Å². The molecule has 0 aliphatic rings. The van der Waals surface area contributed by atoms with Crippen LogP contribution < -0.4 is 29.4 Å². The van der Waals surface area contributed by atoms with E-state index in [1.165, 1.54) is 211 Å². The lowest BCUT2D eigenvalue weighted by atomic mass is 10.1. The van der Waals surface area contributed by atoms with Crippen molar-refractivity contribution >= 4 is 86.5 Å². The normalized spacial score (nSPS) is 11.3. The Hall–Kier alpha value is -6.54. The Labute approximate surface area is 724 Å². The third-order valence-electron chi connectivity index (χ3n) is 22.5. The molecule has 30 heteroatoms. The number of halogens is 6. The zero-order chi connectivity index (χ0) is 93.6. The minimum Gasteiger partial charge on any atom is -0.562 e. The molecule has 6 atom stereocenters. The van der Waals surface area contributed by atoms with Gasteiger partial charge in [-0.1, -0.05) is 222 Å². The molecule has 6 unspecified atom stereocenters. The summed E-state index contributed by atoms with van der Waals surface area (Å²) in [6, 6.07) is 52.5. The van der Waals surface area contributed by atoms with Crippen LogP contribution in [0.3, 0.4) is 0 Å². The maximum absolute atomic E-state index is 9.95. The number of hydrogen-bond donors (Lipinski definition) is 0. The molecule has 0 aliphatic heterocycles. The van der Waals surface area contributed by atoms with Crippen LogP contribution in [-0.4, -0.2) is 145 Å². The van der Waals surface area contributed by atoms with Gasteiger partial charge in [-0.05, 0) is 185 Å². The van der Waals surface area contributed by atoms with Crippen molar-refractivity contribution in [3.05, 3.63) is 252 Å². The summed E-state index contributed by atoms with van der Waals surface area (Å²) in [6.07, 6.45) is 11.4. The van der Waals surface area contributed by atoms with Gasteiger partial charge in [0, 0.05) is 33.4 Å². The molecule has 0 aromatic heterocycles. The quantitative estimate of drug-likeness (QED) is 0.0203. The highest BCUT2D eigenvalue weighted by molar-refractivity contribution is 7.30. The number of quaternary nitrogens is 6. The molecular weight excluding hydrogens is 1660 g/mol. The van der Waals surface area contributed by atoms with Gasteiger partial charge in [0.15, 0.2) is 0 Å². The van der Waals surface area contributed by atoms with E-state index < -0.39 is 50.0 Å². The smallest absolute Gasteiger partial charge is 0.540 e. The van der Waals surface area contributed by atoms with Crippen LogP contribution in [0.25, 0.3) is 36.5 Å². The second-order valence-corrected chi connectivity index (χ2v) is 30.2. The van der Waals surface area contributed by atoms with Crippen LogP contribution in [0.1, 0.15) is 191 Å². The second-order valence-electron chi connectivity index (χ2n) is 27.6. The summed E-state index contributed by atoms with van der Waals surface area (Å²) in [6.45, 7) is 92.3. The maximum Gasteiger partial charge on any atom is 0.540 e. The van der Waals surface area contributed by atoms with Crippen molar-refractivity contribution in [2.45, 2.75) is 164 Å². The maximum atomic E-state index is 9.95.